The topological polar surface area (TPSA) is 62.1 Å². The number of urea groups is 1. The van der Waals surface area contributed by atoms with E-state index < -0.39 is 0 Å². The second kappa shape index (κ2) is 7.76. The summed E-state index contributed by atoms with van der Waals surface area (Å²) in [5.41, 5.74) is 1.22. The minimum atomic E-state index is -0.377. The van der Waals surface area contributed by atoms with Gasteiger partial charge < -0.3 is 5.32 Å². The molecular weight excluding hydrogens is 266 g/mol. The van der Waals surface area contributed by atoms with Crippen molar-refractivity contribution in [2.45, 2.75) is 58.0 Å². The Morgan fingerprint density at radius 3 is 2.48 bits per heavy atom. The molecule has 0 bridgehead atoms. The van der Waals surface area contributed by atoms with Crippen LogP contribution in [0.3, 0.4) is 0 Å². The average molecular weight is 290 g/mol. The number of aryl methyl sites for hydroxylation is 1. The lowest BCUT2D eigenvalue weighted by molar-refractivity contribution is -0.684. The lowest BCUT2D eigenvalue weighted by Gasteiger charge is -2.22. The first-order chi connectivity index (χ1) is 10.2. The molecule has 1 heterocycles. The van der Waals surface area contributed by atoms with Gasteiger partial charge >= 0.3 is 6.03 Å². The van der Waals surface area contributed by atoms with Gasteiger partial charge in [-0.15, -0.1) is 0 Å². The summed E-state index contributed by atoms with van der Waals surface area (Å²) in [7, 11) is 0. The smallest absolute Gasteiger partial charge is 0.321 e. The fraction of sp³-hybridized carbons (Fsp3) is 0.562. The van der Waals surface area contributed by atoms with Crippen molar-refractivity contribution in [1.82, 2.24) is 10.6 Å². The molecule has 5 heteroatoms. The molecule has 0 aromatic carbocycles. The largest absolute Gasteiger partial charge is 0.335 e. The highest BCUT2D eigenvalue weighted by Crippen LogP contribution is 2.17. The van der Waals surface area contributed by atoms with Gasteiger partial charge in [-0.25, -0.2) is 4.79 Å². The van der Waals surface area contributed by atoms with Crippen LogP contribution < -0.4 is 15.2 Å². The van der Waals surface area contributed by atoms with Crippen LogP contribution in [0.4, 0.5) is 4.79 Å². The molecule has 114 valence electrons. The van der Waals surface area contributed by atoms with Gasteiger partial charge in [-0.3, -0.25) is 10.1 Å². The maximum absolute atomic E-state index is 11.8. The standard InChI is InChI=1S/C16H23N3O2/c1-2-13-8-10-19(11-9-13)12-15(20)18-16(21)17-14-6-4-3-5-7-14/h8-11,14H,2-7,12H2,1H3,(H-,17,18,20,21)/p+1. The monoisotopic (exact) mass is 290 g/mol. The normalized spacial score (nSPS) is 15.5. The van der Waals surface area contributed by atoms with E-state index >= 15 is 0 Å². The number of aromatic nitrogens is 1. The third kappa shape index (κ3) is 5.17. The van der Waals surface area contributed by atoms with Crippen molar-refractivity contribution in [2.24, 2.45) is 0 Å². The molecule has 0 unspecified atom stereocenters. The Kier molecular flexibility index (Phi) is 5.72. The summed E-state index contributed by atoms with van der Waals surface area (Å²) in [6.07, 6.45) is 10.2. The average Bonchev–Trinajstić information content (AvgIpc) is 2.48. The van der Waals surface area contributed by atoms with Gasteiger partial charge in [-0.2, -0.15) is 4.57 Å². The Balaban J connectivity index is 1.76. The summed E-state index contributed by atoms with van der Waals surface area (Å²) in [6, 6.07) is 3.80. The highest BCUT2D eigenvalue weighted by Gasteiger charge is 2.18. The summed E-state index contributed by atoms with van der Waals surface area (Å²) in [5, 5.41) is 5.27. The van der Waals surface area contributed by atoms with Crippen LogP contribution in [0.1, 0.15) is 44.6 Å². The van der Waals surface area contributed by atoms with Crippen LogP contribution in [-0.2, 0) is 17.8 Å². The van der Waals surface area contributed by atoms with Gasteiger partial charge in [0.1, 0.15) is 0 Å². The van der Waals surface area contributed by atoms with Gasteiger partial charge in [0, 0.05) is 18.2 Å². The van der Waals surface area contributed by atoms with Gasteiger partial charge in [0.05, 0.1) is 0 Å². The number of nitrogens with one attached hydrogen (secondary N) is 2. The summed E-state index contributed by atoms with van der Waals surface area (Å²) in [4.78, 5) is 23.6. The molecule has 5 nitrogen and oxygen atoms in total. The quantitative estimate of drug-likeness (QED) is 0.829. The summed E-state index contributed by atoms with van der Waals surface area (Å²) < 4.78 is 1.77. The van der Waals surface area contributed by atoms with E-state index in [0.29, 0.717) is 0 Å². The fourth-order valence-corrected chi connectivity index (χ4v) is 2.63. The first-order valence-corrected chi connectivity index (χ1v) is 7.75. The van der Waals surface area contributed by atoms with E-state index in [0.717, 1.165) is 32.1 Å². The van der Waals surface area contributed by atoms with Crippen LogP contribution in [0.5, 0.6) is 0 Å². The summed E-state index contributed by atoms with van der Waals surface area (Å²) >= 11 is 0. The van der Waals surface area contributed by atoms with Crippen molar-refractivity contribution in [2.75, 3.05) is 0 Å². The molecule has 0 radical (unpaired) electrons. The SMILES string of the molecule is CCc1cc[n+](CC(=O)NC(=O)NC2CCCCC2)cc1. The predicted octanol–water partition coefficient (Wildman–Crippen LogP) is 1.69. The van der Waals surface area contributed by atoms with Gasteiger partial charge in [-0.1, -0.05) is 26.2 Å². The number of carbonyl (C=O) groups excluding carboxylic acids is 2. The van der Waals surface area contributed by atoms with E-state index in [1.807, 2.05) is 24.5 Å². The second-order valence-electron chi connectivity index (χ2n) is 5.59. The zero-order chi connectivity index (χ0) is 15.1. The molecule has 2 N–H and O–H groups in total. The molecule has 2 rings (SSSR count). The first-order valence-electron chi connectivity index (χ1n) is 7.75. The van der Waals surface area contributed by atoms with Crippen LogP contribution in [0.2, 0.25) is 0 Å². The summed E-state index contributed by atoms with van der Waals surface area (Å²) in [6.45, 7) is 2.24. The Hall–Kier alpha value is -1.91. The number of amides is 3. The third-order valence-electron chi connectivity index (χ3n) is 3.89. The molecule has 1 aliphatic carbocycles. The van der Waals surface area contributed by atoms with E-state index in [1.54, 1.807) is 4.57 Å². The Morgan fingerprint density at radius 2 is 1.86 bits per heavy atom. The van der Waals surface area contributed by atoms with Crippen LogP contribution in [0.15, 0.2) is 24.5 Å². The highest BCUT2D eigenvalue weighted by molar-refractivity contribution is 5.93. The van der Waals surface area contributed by atoms with E-state index in [1.165, 1.54) is 12.0 Å². The Bertz CT molecular complexity index is 479. The van der Waals surface area contributed by atoms with Crippen LogP contribution in [0.25, 0.3) is 0 Å². The number of rotatable bonds is 4. The van der Waals surface area contributed by atoms with E-state index in [2.05, 4.69) is 17.6 Å². The van der Waals surface area contributed by atoms with Crippen molar-refractivity contribution in [3.63, 3.8) is 0 Å². The van der Waals surface area contributed by atoms with Crippen molar-refractivity contribution < 1.29 is 14.2 Å². The van der Waals surface area contributed by atoms with Gasteiger partial charge in [-0.05, 0) is 24.8 Å². The number of hydrogen-bond acceptors (Lipinski definition) is 2. The zero-order valence-corrected chi connectivity index (χ0v) is 12.6. The maximum atomic E-state index is 11.8. The minimum absolute atomic E-state index is 0.155. The van der Waals surface area contributed by atoms with Crippen LogP contribution in [-0.4, -0.2) is 18.0 Å². The molecule has 0 spiro atoms. The van der Waals surface area contributed by atoms with Gasteiger partial charge in [0.25, 0.3) is 5.91 Å². The van der Waals surface area contributed by atoms with E-state index in [4.69, 9.17) is 0 Å². The molecule has 1 aromatic rings. The Morgan fingerprint density at radius 1 is 1.19 bits per heavy atom. The number of pyridine rings is 1. The molecule has 0 atom stereocenters. The summed E-state index contributed by atoms with van der Waals surface area (Å²) in [5.74, 6) is -0.294. The Labute approximate surface area is 125 Å². The van der Waals surface area contributed by atoms with Crippen LogP contribution in [0, 0.1) is 0 Å². The fourth-order valence-electron chi connectivity index (χ4n) is 2.63. The van der Waals surface area contributed by atoms with Crippen molar-refractivity contribution >= 4 is 11.9 Å². The van der Waals surface area contributed by atoms with E-state index in [-0.39, 0.29) is 24.5 Å². The third-order valence-corrected chi connectivity index (χ3v) is 3.89. The van der Waals surface area contributed by atoms with Crippen LogP contribution >= 0.6 is 0 Å². The highest BCUT2D eigenvalue weighted by atomic mass is 16.2. The molecule has 1 aromatic heterocycles. The molecule has 0 aliphatic heterocycles. The molecule has 3 amide bonds. The lowest BCUT2D eigenvalue weighted by Crippen LogP contribution is -2.49. The molecule has 1 aliphatic rings. The van der Waals surface area contributed by atoms with Gasteiger partial charge in [0.15, 0.2) is 12.4 Å². The van der Waals surface area contributed by atoms with Crippen molar-refractivity contribution in [1.29, 1.82) is 0 Å². The van der Waals surface area contributed by atoms with Gasteiger partial charge in [0.2, 0.25) is 6.54 Å². The molecule has 0 saturated heterocycles. The lowest BCUT2D eigenvalue weighted by atomic mass is 9.96. The number of imide groups is 1. The number of nitrogens with zero attached hydrogens (tertiary/aromatic N) is 1. The number of carbonyl (C=O) groups is 2. The minimum Gasteiger partial charge on any atom is -0.335 e. The number of hydrogen-bond donors (Lipinski definition) is 2. The van der Waals surface area contributed by atoms with Crippen molar-refractivity contribution in [3.05, 3.63) is 30.1 Å². The molecule has 1 saturated carbocycles. The zero-order valence-electron chi connectivity index (χ0n) is 12.6. The maximum Gasteiger partial charge on any atom is 0.321 e. The predicted molar refractivity (Wildman–Crippen MR) is 79.6 cm³/mol. The second-order valence-corrected chi connectivity index (χ2v) is 5.59. The molecule has 1 fully saturated rings. The molecule has 21 heavy (non-hydrogen) atoms. The van der Waals surface area contributed by atoms with Crippen molar-refractivity contribution in [3.8, 4) is 0 Å². The first kappa shape index (κ1) is 15.5. The van der Waals surface area contributed by atoms with E-state index in [9.17, 15) is 9.59 Å². The molecular formula is C16H24N3O2+.